The van der Waals surface area contributed by atoms with E-state index >= 15 is 0 Å². The Hall–Kier alpha value is -2.57. The molecule has 0 bridgehead atoms. The smallest absolute Gasteiger partial charge is 0.425 e. The molecule has 2 rings (SSSR count). The Morgan fingerprint density at radius 1 is 1.00 bits per heavy atom. The van der Waals surface area contributed by atoms with E-state index in [2.05, 4.69) is 4.74 Å². The second-order valence-electron chi connectivity index (χ2n) is 5.51. The molecule has 4 nitrogen and oxygen atoms in total. The van der Waals surface area contributed by atoms with Gasteiger partial charge in [0.1, 0.15) is 5.75 Å². The van der Waals surface area contributed by atoms with Crippen molar-refractivity contribution in [1.29, 1.82) is 0 Å². The largest absolute Gasteiger partial charge is 0.453 e. The number of benzene rings is 2. The molecular formula is C18H17F3O4. The van der Waals surface area contributed by atoms with Crippen LogP contribution in [0.15, 0.2) is 42.5 Å². The van der Waals surface area contributed by atoms with Crippen molar-refractivity contribution < 1.29 is 32.2 Å². The van der Waals surface area contributed by atoms with E-state index in [9.17, 15) is 22.8 Å². The molecule has 1 unspecified atom stereocenters. The molecule has 0 saturated carbocycles. The van der Waals surface area contributed by atoms with Gasteiger partial charge in [0, 0.05) is 12.8 Å². The van der Waals surface area contributed by atoms with Gasteiger partial charge in [0.15, 0.2) is 6.10 Å². The van der Waals surface area contributed by atoms with Gasteiger partial charge in [0.2, 0.25) is 0 Å². The number of esters is 2. The Morgan fingerprint density at radius 2 is 1.64 bits per heavy atom. The first kappa shape index (κ1) is 18.8. The minimum Gasteiger partial charge on any atom is -0.453 e. The van der Waals surface area contributed by atoms with E-state index in [1.807, 2.05) is 30.3 Å². The fourth-order valence-corrected chi connectivity index (χ4v) is 2.11. The number of alkyl halides is 3. The summed E-state index contributed by atoms with van der Waals surface area (Å²) in [6, 6.07) is 12.7. The Balaban J connectivity index is 1.77. The number of ether oxygens (including phenoxy) is 2. The lowest BCUT2D eigenvalue weighted by molar-refractivity contribution is -0.216. The number of carbonyl (C=O) groups excluding carboxylic acids is 2. The summed E-state index contributed by atoms with van der Waals surface area (Å²) in [6.45, 7) is 0.756. The molecule has 0 aliphatic carbocycles. The van der Waals surface area contributed by atoms with E-state index in [-0.39, 0.29) is 19.3 Å². The molecule has 0 heterocycles. The summed E-state index contributed by atoms with van der Waals surface area (Å²) >= 11 is 0. The molecule has 0 aliphatic rings. The normalized spacial score (nSPS) is 12.6. The Morgan fingerprint density at radius 3 is 2.32 bits per heavy atom. The lowest BCUT2D eigenvalue weighted by atomic mass is 10.1. The van der Waals surface area contributed by atoms with E-state index in [4.69, 9.17) is 4.74 Å². The zero-order valence-corrected chi connectivity index (χ0v) is 13.5. The van der Waals surface area contributed by atoms with Gasteiger partial charge in [-0.15, -0.1) is 0 Å². The zero-order valence-electron chi connectivity index (χ0n) is 13.5. The third-order valence-electron chi connectivity index (χ3n) is 3.48. The molecule has 0 aliphatic heterocycles. The fourth-order valence-electron chi connectivity index (χ4n) is 2.11. The summed E-state index contributed by atoms with van der Waals surface area (Å²) in [7, 11) is 0. The van der Waals surface area contributed by atoms with Crippen molar-refractivity contribution in [3.63, 3.8) is 0 Å². The van der Waals surface area contributed by atoms with Crippen LogP contribution in [0.4, 0.5) is 13.2 Å². The first-order valence-electron chi connectivity index (χ1n) is 7.71. The van der Waals surface area contributed by atoms with Crippen LogP contribution in [-0.4, -0.2) is 24.2 Å². The quantitative estimate of drug-likeness (QED) is 0.570. The first-order valence-corrected chi connectivity index (χ1v) is 7.71. The van der Waals surface area contributed by atoms with Gasteiger partial charge in [-0.25, -0.2) is 0 Å². The molecular weight excluding hydrogens is 337 g/mol. The van der Waals surface area contributed by atoms with Gasteiger partial charge < -0.3 is 9.47 Å². The highest BCUT2D eigenvalue weighted by atomic mass is 19.4. The number of rotatable bonds is 6. The molecule has 0 spiro atoms. The van der Waals surface area contributed by atoms with Crippen molar-refractivity contribution in [3.8, 4) is 5.75 Å². The lowest BCUT2D eigenvalue weighted by Crippen LogP contribution is -2.30. The first-order chi connectivity index (χ1) is 11.8. The maximum absolute atomic E-state index is 12.3. The minimum atomic E-state index is -4.59. The SMILES string of the molecule is CC(OC(=O)CCCC(=O)Oc1ccc2ccccc2c1)C(F)(F)F. The molecule has 134 valence electrons. The number of fused-ring (bicyclic) bond motifs is 1. The van der Waals surface area contributed by atoms with Crippen LogP contribution < -0.4 is 4.74 Å². The second-order valence-corrected chi connectivity index (χ2v) is 5.51. The Kier molecular flexibility index (Phi) is 6.01. The van der Waals surface area contributed by atoms with Crippen LogP contribution in [0.3, 0.4) is 0 Å². The highest BCUT2D eigenvalue weighted by Gasteiger charge is 2.38. The van der Waals surface area contributed by atoms with Gasteiger partial charge in [-0.05, 0) is 36.2 Å². The molecule has 7 heteroatoms. The van der Waals surface area contributed by atoms with E-state index in [1.165, 1.54) is 0 Å². The van der Waals surface area contributed by atoms with Crippen molar-refractivity contribution in [3.05, 3.63) is 42.5 Å². The highest BCUT2D eigenvalue weighted by Crippen LogP contribution is 2.23. The molecule has 0 saturated heterocycles. The number of hydrogen-bond donors (Lipinski definition) is 0. The fraction of sp³-hybridized carbons (Fsp3) is 0.333. The third-order valence-corrected chi connectivity index (χ3v) is 3.48. The summed E-state index contributed by atoms with van der Waals surface area (Å²) in [5.41, 5.74) is 0. The van der Waals surface area contributed by atoms with Crippen LogP contribution in [0.1, 0.15) is 26.2 Å². The maximum Gasteiger partial charge on any atom is 0.425 e. The Labute approximate surface area is 142 Å². The molecule has 0 aromatic heterocycles. The van der Waals surface area contributed by atoms with Crippen molar-refractivity contribution in [2.24, 2.45) is 0 Å². The molecule has 0 radical (unpaired) electrons. The van der Waals surface area contributed by atoms with Crippen LogP contribution in [-0.2, 0) is 14.3 Å². The molecule has 25 heavy (non-hydrogen) atoms. The standard InChI is InChI=1S/C18H17F3O4/c1-12(18(19,20)21)24-16(22)7-4-8-17(23)25-15-10-9-13-5-2-3-6-14(13)11-15/h2-3,5-6,9-12H,4,7-8H2,1H3. The second kappa shape index (κ2) is 8.00. The van der Waals surface area contributed by atoms with Gasteiger partial charge in [-0.1, -0.05) is 30.3 Å². The molecule has 1 atom stereocenters. The van der Waals surface area contributed by atoms with E-state index in [0.29, 0.717) is 5.75 Å². The molecule has 2 aromatic carbocycles. The topological polar surface area (TPSA) is 52.6 Å². The average molecular weight is 354 g/mol. The van der Waals surface area contributed by atoms with E-state index in [1.54, 1.807) is 12.1 Å². The maximum atomic E-state index is 12.3. The van der Waals surface area contributed by atoms with Crippen molar-refractivity contribution in [1.82, 2.24) is 0 Å². The van der Waals surface area contributed by atoms with E-state index < -0.39 is 24.2 Å². The monoisotopic (exact) mass is 354 g/mol. The van der Waals surface area contributed by atoms with Crippen LogP contribution in [0, 0.1) is 0 Å². The summed E-state index contributed by atoms with van der Waals surface area (Å²) in [4.78, 5) is 23.1. The van der Waals surface area contributed by atoms with Gasteiger partial charge in [-0.3, -0.25) is 9.59 Å². The number of carbonyl (C=O) groups is 2. The predicted octanol–water partition coefficient (Wildman–Crippen LogP) is 4.41. The van der Waals surface area contributed by atoms with Crippen molar-refractivity contribution in [2.45, 2.75) is 38.5 Å². The molecule has 2 aromatic rings. The summed E-state index contributed by atoms with van der Waals surface area (Å²) in [5, 5.41) is 1.92. The molecule has 0 fully saturated rings. The summed E-state index contributed by atoms with van der Waals surface area (Å²) in [5.74, 6) is -1.19. The van der Waals surface area contributed by atoms with Crippen LogP contribution in [0.2, 0.25) is 0 Å². The average Bonchev–Trinajstić information content (AvgIpc) is 2.53. The zero-order chi connectivity index (χ0) is 18.4. The number of halogens is 3. The molecule has 0 N–H and O–H groups in total. The van der Waals surface area contributed by atoms with Crippen LogP contribution in [0.5, 0.6) is 5.75 Å². The van der Waals surface area contributed by atoms with Crippen LogP contribution in [0.25, 0.3) is 10.8 Å². The third kappa shape index (κ3) is 5.77. The summed E-state index contributed by atoms with van der Waals surface area (Å²) < 4.78 is 46.2. The van der Waals surface area contributed by atoms with Crippen LogP contribution >= 0.6 is 0 Å². The van der Waals surface area contributed by atoms with Crippen molar-refractivity contribution >= 4 is 22.7 Å². The Bertz CT molecular complexity index is 755. The summed E-state index contributed by atoms with van der Waals surface area (Å²) in [6.07, 6.45) is -7.08. The lowest BCUT2D eigenvalue weighted by Gasteiger charge is -2.16. The van der Waals surface area contributed by atoms with Gasteiger partial charge in [0.05, 0.1) is 0 Å². The minimum absolute atomic E-state index is 0.0514. The highest BCUT2D eigenvalue weighted by molar-refractivity contribution is 5.84. The van der Waals surface area contributed by atoms with Gasteiger partial charge >= 0.3 is 18.1 Å². The van der Waals surface area contributed by atoms with Gasteiger partial charge in [0.25, 0.3) is 0 Å². The van der Waals surface area contributed by atoms with E-state index in [0.717, 1.165) is 17.7 Å². The van der Waals surface area contributed by atoms with Crippen molar-refractivity contribution in [2.75, 3.05) is 0 Å². The predicted molar refractivity (Wildman–Crippen MR) is 85.0 cm³/mol. The molecule has 0 amide bonds. The van der Waals surface area contributed by atoms with Gasteiger partial charge in [-0.2, -0.15) is 13.2 Å². The number of hydrogen-bond acceptors (Lipinski definition) is 4.